The Hall–Kier alpha value is -7.23. The molecule has 5 aromatic carbocycles. The number of aromatic nitrogens is 3. The lowest BCUT2D eigenvalue weighted by molar-refractivity contribution is 0.0600. The van der Waals surface area contributed by atoms with Crippen LogP contribution in [0.5, 0.6) is 0 Å². The zero-order valence-corrected chi connectivity index (χ0v) is 26.8. The van der Waals surface area contributed by atoms with Crippen molar-refractivity contribution in [1.82, 2.24) is 14.1 Å². The van der Waals surface area contributed by atoms with Crippen molar-refractivity contribution in [3.8, 4) is 34.6 Å². The van der Waals surface area contributed by atoms with E-state index in [1.54, 1.807) is 12.1 Å². The van der Waals surface area contributed by atoms with Gasteiger partial charge in [-0.05, 0) is 72.3 Å². The maximum Gasteiger partial charge on any atom is 0.340 e. The molecule has 0 fully saturated rings. The van der Waals surface area contributed by atoms with E-state index in [0.717, 1.165) is 55.0 Å². The lowest BCUT2D eigenvalue weighted by Gasteiger charge is -2.18. The van der Waals surface area contributed by atoms with Crippen LogP contribution in [0.2, 0.25) is 0 Å². The molecule has 0 atom stereocenters. The Kier molecular flexibility index (Phi) is 7.10. The number of esters is 2. The van der Waals surface area contributed by atoms with Crippen molar-refractivity contribution in [2.45, 2.75) is 0 Å². The van der Waals surface area contributed by atoms with Crippen molar-refractivity contribution in [2.24, 2.45) is 0 Å². The lowest BCUT2D eigenvalue weighted by Crippen LogP contribution is -2.12. The summed E-state index contributed by atoms with van der Waals surface area (Å²) < 4.78 is 14.5. The number of carbonyl (C=O) groups is 2. The molecule has 3 aromatic heterocycles. The molecule has 0 unspecified atom stereocenters. The average Bonchev–Trinajstić information content (AvgIpc) is 3.68. The number of methoxy groups -OCH3 is 2. The van der Waals surface area contributed by atoms with Gasteiger partial charge in [-0.2, -0.15) is 10.5 Å². The van der Waals surface area contributed by atoms with Crippen LogP contribution in [-0.4, -0.2) is 40.3 Å². The fourth-order valence-corrected chi connectivity index (χ4v) is 6.94. The van der Waals surface area contributed by atoms with Crippen molar-refractivity contribution < 1.29 is 19.1 Å². The fraction of sp³-hybridized carbons (Fsp3) is 0.0488. The highest BCUT2D eigenvalue weighted by molar-refractivity contribution is 6.12. The molecule has 9 heteroatoms. The quantitative estimate of drug-likeness (QED) is 0.172. The molecule has 0 aliphatic heterocycles. The van der Waals surface area contributed by atoms with Gasteiger partial charge in [-0.15, -0.1) is 0 Å². The van der Waals surface area contributed by atoms with E-state index in [1.165, 1.54) is 26.6 Å². The van der Waals surface area contributed by atoms with E-state index >= 15 is 0 Å². The first-order valence-corrected chi connectivity index (χ1v) is 15.6. The highest BCUT2D eigenvalue weighted by atomic mass is 16.5. The molecule has 0 N–H and O–H groups in total. The van der Waals surface area contributed by atoms with Crippen LogP contribution in [0.25, 0.3) is 66.1 Å². The minimum absolute atomic E-state index is 0.0975. The zero-order valence-electron chi connectivity index (χ0n) is 26.8. The molecule has 8 rings (SSSR count). The largest absolute Gasteiger partial charge is 0.465 e. The van der Waals surface area contributed by atoms with Crippen LogP contribution < -0.4 is 0 Å². The number of nitriles is 2. The molecular weight excluding hydrogens is 626 g/mol. The van der Waals surface area contributed by atoms with E-state index in [4.69, 9.17) is 9.47 Å². The van der Waals surface area contributed by atoms with Gasteiger partial charge < -0.3 is 18.6 Å². The molecule has 8 aromatic rings. The van der Waals surface area contributed by atoms with Crippen LogP contribution in [0.3, 0.4) is 0 Å². The van der Waals surface area contributed by atoms with Gasteiger partial charge in [-0.3, -0.25) is 4.98 Å². The topological polar surface area (TPSA) is 123 Å². The number of nitrogens with zero attached hydrogens (tertiary/aromatic N) is 5. The molecule has 50 heavy (non-hydrogen) atoms. The normalized spacial score (nSPS) is 11.1. The van der Waals surface area contributed by atoms with E-state index in [2.05, 4.69) is 32.3 Å². The Morgan fingerprint density at radius 2 is 1.02 bits per heavy atom. The number of carbonyl (C=O) groups excluding carboxylic acids is 2. The molecule has 0 aliphatic rings. The summed E-state index contributed by atoms with van der Waals surface area (Å²) in [6, 6.07) is 37.5. The molecule has 0 radical (unpaired) electrons. The van der Waals surface area contributed by atoms with Gasteiger partial charge >= 0.3 is 11.9 Å². The summed E-state index contributed by atoms with van der Waals surface area (Å²) in [5.74, 6) is -1.32. The van der Waals surface area contributed by atoms with Gasteiger partial charge in [0.25, 0.3) is 0 Å². The number of para-hydroxylation sites is 2. The molecule has 0 saturated heterocycles. The number of ether oxygens (including phenoxy) is 2. The van der Waals surface area contributed by atoms with Crippen molar-refractivity contribution in [3.05, 3.63) is 138 Å². The summed E-state index contributed by atoms with van der Waals surface area (Å²) in [6.45, 7) is 0. The van der Waals surface area contributed by atoms with Gasteiger partial charge in [0.05, 0.1) is 70.7 Å². The summed E-state index contributed by atoms with van der Waals surface area (Å²) in [5, 5.41) is 23.2. The van der Waals surface area contributed by atoms with Gasteiger partial charge in [0.15, 0.2) is 0 Å². The molecule has 0 aliphatic carbocycles. The highest BCUT2D eigenvalue weighted by Crippen LogP contribution is 2.39. The van der Waals surface area contributed by atoms with Crippen LogP contribution in [0.15, 0.2) is 116 Å². The fourth-order valence-electron chi connectivity index (χ4n) is 6.94. The molecule has 238 valence electrons. The SMILES string of the molecule is COC(=O)c1cncc(C(=O)OC)c1-c1cc(-n2c3ccccc3c3cc(C#N)ccc32)cc(-n2c3ccccc3c3cc(C#N)ccc32)c1. The molecule has 0 saturated carbocycles. The van der Waals surface area contributed by atoms with E-state index in [-0.39, 0.29) is 11.1 Å². The average molecular weight is 652 g/mol. The second-order valence-corrected chi connectivity index (χ2v) is 11.7. The number of benzene rings is 5. The van der Waals surface area contributed by atoms with E-state index in [0.29, 0.717) is 22.3 Å². The molecule has 3 heterocycles. The maximum absolute atomic E-state index is 13.2. The van der Waals surface area contributed by atoms with Gasteiger partial charge in [0.1, 0.15) is 0 Å². The summed E-state index contributed by atoms with van der Waals surface area (Å²) in [4.78, 5) is 30.7. The molecule has 0 spiro atoms. The third-order valence-electron chi connectivity index (χ3n) is 9.07. The Balaban J connectivity index is 1.54. The maximum atomic E-state index is 13.2. The summed E-state index contributed by atoms with van der Waals surface area (Å²) in [6.07, 6.45) is 2.77. The first kappa shape index (κ1) is 30.1. The van der Waals surface area contributed by atoms with E-state index < -0.39 is 11.9 Å². The third kappa shape index (κ3) is 4.57. The predicted octanol–water partition coefficient (Wildman–Crippen LogP) is 8.26. The van der Waals surface area contributed by atoms with Crippen LogP contribution in [0, 0.1) is 22.7 Å². The number of rotatable bonds is 5. The predicted molar refractivity (Wildman–Crippen MR) is 190 cm³/mol. The lowest BCUT2D eigenvalue weighted by atomic mass is 9.95. The van der Waals surface area contributed by atoms with Crippen molar-refractivity contribution in [1.29, 1.82) is 10.5 Å². The number of pyridine rings is 1. The monoisotopic (exact) mass is 651 g/mol. The second kappa shape index (κ2) is 11.8. The second-order valence-electron chi connectivity index (χ2n) is 11.7. The smallest absolute Gasteiger partial charge is 0.340 e. The molecule has 0 bridgehead atoms. The molecular formula is C41H25N5O4. The van der Waals surface area contributed by atoms with Crippen LogP contribution in [-0.2, 0) is 9.47 Å². The van der Waals surface area contributed by atoms with E-state index in [1.807, 2.05) is 84.9 Å². The number of fused-ring (bicyclic) bond motifs is 6. The van der Waals surface area contributed by atoms with Crippen molar-refractivity contribution in [2.75, 3.05) is 14.2 Å². The van der Waals surface area contributed by atoms with Gasteiger partial charge in [-0.25, -0.2) is 9.59 Å². The Morgan fingerprint density at radius 1 is 0.580 bits per heavy atom. The summed E-state index contributed by atoms with van der Waals surface area (Å²) in [5.41, 5.74) is 7.12. The minimum Gasteiger partial charge on any atom is -0.465 e. The van der Waals surface area contributed by atoms with E-state index in [9.17, 15) is 20.1 Å². The summed E-state index contributed by atoms with van der Waals surface area (Å²) in [7, 11) is 2.56. The molecule has 9 nitrogen and oxygen atoms in total. The summed E-state index contributed by atoms with van der Waals surface area (Å²) >= 11 is 0. The van der Waals surface area contributed by atoms with Crippen molar-refractivity contribution >= 4 is 55.6 Å². The Labute approximate surface area is 285 Å². The first-order chi connectivity index (χ1) is 24.4. The van der Waals surface area contributed by atoms with Crippen molar-refractivity contribution in [3.63, 3.8) is 0 Å². The number of hydrogen-bond acceptors (Lipinski definition) is 7. The molecule has 0 amide bonds. The standard InChI is InChI=1S/C41H25N5O4/c1-49-40(47)33-22-44-23-34(41(48)50-2)39(33)26-17-27(45-35-9-5-3-7-29(35)31-15-24(20-42)11-13-37(31)45)19-28(18-26)46-36-10-6-4-8-30(36)32-16-25(21-43)12-14-38(32)46/h3-19,22-23H,1-2H3. The first-order valence-electron chi connectivity index (χ1n) is 15.6. The van der Waals surface area contributed by atoms with Gasteiger partial charge in [-0.1, -0.05) is 36.4 Å². The third-order valence-corrected chi connectivity index (χ3v) is 9.07. The van der Waals surface area contributed by atoms with Gasteiger partial charge in [0, 0.05) is 50.9 Å². The zero-order chi connectivity index (χ0) is 34.5. The van der Waals surface area contributed by atoms with Crippen LogP contribution >= 0.6 is 0 Å². The van der Waals surface area contributed by atoms with Gasteiger partial charge in [0.2, 0.25) is 0 Å². The van der Waals surface area contributed by atoms with Crippen LogP contribution in [0.1, 0.15) is 31.8 Å². The number of hydrogen-bond donors (Lipinski definition) is 0. The minimum atomic E-state index is -0.660. The Bertz CT molecular complexity index is 2630. The van der Waals surface area contributed by atoms with Crippen LogP contribution in [0.4, 0.5) is 0 Å². The highest BCUT2D eigenvalue weighted by Gasteiger charge is 2.25. The Morgan fingerprint density at radius 3 is 1.46 bits per heavy atom.